The molecule has 19 heavy (non-hydrogen) atoms. The first-order valence-electron chi connectivity index (χ1n) is 5.90. The van der Waals surface area contributed by atoms with Crippen LogP contribution in [0.15, 0.2) is 42.6 Å². The molecule has 1 aromatic heterocycles. The number of nitrogens with one attached hydrogen (secondary N) is 1. The third-order valence-electron chi connectivity index (χ3n) is 3.13. The molecule has 4 heteroatoms. The maximum absolute atomic E-state index is 11.9. The topological polar surface area (TPSA) is 45.8 Å². The van der Waals surface area contributed by atoms with Crippen LogP contribution >= 0.6 is 11.6 Å². The van der Waals surface area contributed by atoms with Crippen LogP contribution < -0.4 is 0 Å². The largest absolute Gasteiger partial charge is 0.294 e. The number of halogens is 1. The van der Waals surface area contributed by atoms with Crippen LogP contribution in [0.25, 0.3) is 22.0 Å². The van der Waals surface area contributed by atoms with Crippen molar-refractivity contribution < 1.29 is 4.79 Å². The van der Waals surface area contributed by atoms with Gasteiger partial charge in [0.15, 0.2) is 5.78 Å². The molecule has 0 aliphatic carbocycles. The van der Waals surface area contributed by atoms with Gasteiger partial charge in [0.1, 0.15) is 0 Å². The van der Waals surface area contributed by atoms with Crippen molar-refractivity contribution in [3.63, 3.8) is 0 Å². The first kappa shape index (κ1) is 11.9. The first-order chi connectivity index (χ1) is 9.18. The minimum atomic E-state index is -0.0164. The van der Waals surface area contributed by atoms with E-state index < -0.39 is 0 Å². The summed E-state index contributed by atoms with van der Waals surface area (Å²) in [4.78, 5) is 11.9. The normalized spacial score (nSPS) is 10.8. The molecule has 94 valence electrons. The summed E-state index contributed by atoms with van der Waals surface area (Å²) >= 11 is 6.19. The fraction of sp³-hybridized carbons (Fsp3) is 0.0667. The summed E-state index contributed by atoms with van der Waals surface area (Å²) in [5, 5.41) is 8.32. The highest BCUT2D eigenvalue weighted by molar-refractivity contribution is 6.36. The average Bonchev–Trinajstić information content (AvgIpc) is 2.89. The Hall–Kier alpha value is -2.13. The van der Waals surface area contributed by atoms with E-state index in [1.807, 2.05) is 30.3 Å². The van der Waals surface area contributed by atoms with E-state index in [0.29, 0.717) is 10.6 Å². The van der Waals surface area contributed by atoms with Gasteiger partial charge in [-0.2, -0.15) is 5.10 Å². The molecule has 3 rings (SSSR count). The van der Waals surface area contributed by atoms with Crippen molar-refractivity contribution in [3.8, 4) is 11.1 Å². The van der Waals surface area contributed by atoms with Crippen molar-refractivity contribution in [2.75, 3.05) is 0 Å². The van der Waals surface area contributed by atoms with Gasteiger partial charge in [-0.25, -0.2) is 0 Å². The quantitative estimate of drug-likeness (QED) is 0.713. The Kier molecular flexibility index (Phi) is 2.84. The number of hydrogen-bond acceptors (Lipinski definition) is 2. The Bertz CT molecular complexity index is 762. The minimum Gasteiger partial charge on any atom is -0.294 e. The molecule has 1 heterocycles. The lowest BCUT2D eigenvalue weighted by atomic mass is 9.95. The SMILES string of the molecule is CC(=O)c1cc(Cl)c2cn[nH]c2c1-c1ccccc1. The lowest BCUT2D eigenvalue weighted by molar-refractivity contribution is 0.101. The number of ketones is 1. The first-order valence-corrected chi connectivity index (χ1v) is 6.28. The van der Waals surface area contributed by atoms with Crippen LogP contribution in [-0.2, 0) is 0 Å². The molecule has 0 saturated heterocycles. The number of carbonyl (C=O) groups is 1. The zero-order valence-corrected chi connectivity index (χ0v) is 11.0. The highest BCUT2D eigenvalue weighted by Crippen LogP contribution is 2.35. The van der Waals surface area contributed by atoms with Gasteiger partial charge >= 0.3 is 0 Å². The molecular formula is C15H11ClN2O. The Morgan fingerprint density at radius 1 is 1.26 bits per heavy atom. The fourth-order valence-corrected chi connectivity index (χ4v) is 2.50. The smallest absolute Gasteiger partial charge is 0.160 e. The van der Waals surface area contributed by atoms with E-state index in [2.05, 4.69) is 10.2 Å². The molecule has 3 nitrogen and oxygen atoms in total. The highest BCUT2D eigenvalue weighted by Gasteiger charge is 2.17. The number of benzene rings is 2. The molecule has 3 aromatic rings. The van der Waals surface area contributed by atoms with E-state index in [1.165, 1.54) is 0 Å². The van der Waals surface area contributed by atoms with Crippen molar-refractivity contribution in [2.45, 2.75) is 6.92 Å². The Morgan fingerprint density at radius 3 is 2.68 bits per heavy atom. The van der Waals surface area contributed by atoms with Gasteiger partial charge in [0.25, 0.3) is 0 Å². The molecule has 0 radical (unpaired) electrons. The second-order valence-corrected chi connectivity index (χ2v) is 4.77. The van der Waals surface area contributed by atoms with E-state index in [9.17, 15) is 4.79 Å². The van der Waals surface area contributed by atoms with Gasteiger partial charge in [-0.15, -0.1) is 0 Å². The molecule has 0 aliphatic rings. The zero-order valence-electron chi connectivity index (χ0n) is 10.3. The van der Waals surface area contributed by atoms with Gasteiger partial charge < -0.3 is 0 Å². The molecule has 0 saturated carbocycles. The molecule has 0 bridgehead atoms. The summed E-state index contributed by atoms with van der Waals surface area (Å²) in [7, 11) is 0. The van der Waals surface area contributed by atoms with Crippen molar-refractivity contribution in [3.05, 3.63) is 53.2 Å². The molecule has 0 amide bonds. The van der Waals surface area contributed by atoms with Gasteiger partial charge in [-0.05, 0) is 18.6 Å². The second-order valence-electron chi connectivity index (χ2n) is 4.36. The standard InChI is InChI=1S/C15H11ClN2O/c1-9(19)11-7-13(16)12-8-17-18-15(12)14(11)10-5-3-2-4-6-10/h2-8H,1H3,(H,17,18). The predicted octanol–water partition coefficient (Wildman–Crippen LogP) is 4.09. The molecule has 0 unspecified atom stereocenters. The second kappa shape index (κ2) is 4.52. The number of nitrogens with zero attached hydrogens (tertiary/aromatic N) is 1. The zero-order chi connectivity index (χ0) is 13.4. The minimum absolute atomic E-state index is 0.0164. The number of rotatable bonds is 2. The molecule has 2 aromatic carbocycles. The van der Waals surface area contributed by atoms with Crippen molar-refractivity contribution in [1.82, 2.24) is 10.2 Å². The Morgan fingerprint density at radius 2 is 2.00 bits per heavy atom. The lowest BCUT2D eigenvalue weighted by Crippen LogP contribution is -1.97. The van der Waals surface area contributed by atoms with Gasteiger partial charge in [-0.3, -0.25) is 9.89 Å². The van der Waals surface area contributed by atoms with Gasteiger partial charge in [0, 0.05) is 16.5 Å². The van der Waals surface area contributed by atoms with Crippen molar-refractivity contribution in [2.24, 2.45) is 0 Å². The predicted molar refractivity (Wildman–Crippen MR) is 76.5 cm³/mol. The van der Waals surface area contributed by atoms with E-state index >= 15 is 0 Å². The van der Waals surface area contributed by atoms with Crippen LogP contribution in [0.2, 0.25) is 5.02 Å². The lowest BCUT2D eigenvalue weighted by Gasteiger charge is -2.10. The summed E-state index contributed by atoms with van der Waals surface area (Å²) in [5.41, 5.74) is 3.22. The number of hydrogen-bond donors (Lipinski definition) is 1. The van der Waals surface area contributed by atoms with E-state index in [4.69, 9.17) is 11.6 Å². The van der Waals surface area contributed by atoms with Gasteiger partial charge in [0.2, 0.25) is 0 Å². The average molecular weight is 271 g/mol. The van der Waals surface area contributed by atoms with Crippen molar-refractivity contribution >= 4 is 28.3 Å². The van der Waals surface area contributed by atoms with E-state index in [1.54, 1.807) is 19.2 Å². The monoisotopic (exact) mass is 270 g/mol. The number of aromatic nitrogens is 2. The third-order valence-corrected chi connectivity index (χ3v) is 3.44. The van der Waals surface area contributed by atoms with Crippen LogP contribution in [0.3, 0.4) is 0 Å². The summed E-state index contributed by atoms with van der Waals surface area (Å²) in [6.45, 7) is 1.54. The van der Waals surface area contributed by atoms with Crippen molar-refractivity contribution in [1.29, 1.82) is 0 Å². The summed E-state index contributed by atoms with van der Waals surface area (Å²) in [5.74, 6) is -0.0164. The molecule has 0 aliphatic heterocycles. The molecule has 1 N–H and O–H groups in total. The van der Waals surface area contributed by atoms with E-state index in [0.717, 1.165) is 22.0 Å². The number of fused-ring (bicyclic) bond motifs is 1. The Labute approximate surface area is 115 Å². The molecule has 0 fully saturated rings. The summed E-state index contributed by atoms with van der Waals surface area (Å²) in [6.07, 6.45) is 1.67. The molecule has 0 spiro atoms. The van der Waals surface area contributed by atoms with Crippen LogP contribution in [0, 0.1) is 0 Å². The fourth-order valence-electron chi connectivity index (χ4n) is 2.25. The van der Waals surface area contributed by atoms with Crippen LogP contribution in [0.4, 0.5) is 0 Å². The van der Waals surface area contributed by atoms with Gasteiger partial charge in [-0.1, -0.05) is 41.9 Å². The summed E-state index contributed by atoms with van der Waals surface area (Å²) < 4.78 is 0. The number of aromatic amines is 1. The number of H-pyrrole nitrogens is 1. The Balaban J connectivity index is 2.44. The van der Waals surface area contributed by atoms with Gasteiger partial charge in [0.05, 0.1) is 16.7 Å². The maximum atomic E-state index is 11.9. The molecular weight excluding hydrogens is 260 g/mol. The maximum Gasteiger partial charge on any atom is 0.160 e. The molecule has 0 atom stereocenters. The van der Waals surface area contributed by atoms with E-state index in [-0.39, 0.29) is 5.78 Å². The van der Waals surface area contributed by atoms with Crippen LogP contribution in [0.5, 0.6) is 0 Å². The highest BCUT2D eigenvalue weighted by atomic mass is 35.5. The number of carbonyl (C=O) groups excluding carboxylic acids is 1. The van der Waals surface area contributed by atoms with Crippen LogP contribution in [-0.4, -0.2) is 16.0 Å². The third kappa shape index (κ3) is 1.92. The number of Topliss-reactive ketones (excluding diaryl/α,β-unsaturated/α-hetero) is 1. The van der Waals surface area contributed by atoms with Crippen LogP contribution in [0.1, 0.15) is 17.3 Å². The summed E-state index contributed by atoms with van der Waals surface area (Å²) in [6, 6.07) is 11.5.